The number of nitrogens with one attached hydrogen (secondary N) is 2. The maximum atomic E-state index is 13.3. The number of aromatic hydroxyl groups is 1. The average molecular weight is 454 g/mol. The van der Waals surface area contributed by atoms with Gasteiger partial charge in [0.05, 0.1) is 13.2 Å². The monoisotopic (exact) mass is 453 g/mol. The van der Waals surface area contributed by atoms with Crippen molar-refractivity contribution in [1.29, 1.82) is 0 Å². The van der Waals surface area contributed by atoms with Crippen molar-refractivity contribution in [3.8, 4) is 5.75 Å². The molecular formula is C22H35N3O7. The molecule has 0 aliphatic carbocycles. The number of phenols is 1. The van der Waals surface area contributed by atoms with Gasteiger partial charge in [0.2, 0.25) is 11.8 Å². The second-order valence-corrected chi connectivity index (χ2v) is 9.34. The van der Waals surface area contributed by atoms with Crippen LogP contribution in [0.25, 0.3) is 0 Å². The minimum atomic E-state index is -1.44. The van der Waals surface area contributed by atoms with Crippen LogP contribution in [-0.2, 0) is 14.3 Å². The maximum Gasteiger partial charge on any atom is 0.408 e. The second kappa shape index (κ2) is 11.1. The molecular weight excluding hydrogens is 418 g/mol. The molecule has 1 rings (SSSR count). The fourth-order valence-electron chi connectivity index (χ4n) is 2.92. The van der Waals surface area contributed by atoms with E-state index in [-0.39, 0.29) is 17.9 Å². The number of alkyl carbamates (subject to hydrolysis) is 1. The smallest absolute Gasteiger partial charge is 0.408 e. The lowest BCUT2D eigenvalue weighted by molar-refractivity contribution is -0.144. The molecule has 0 saturated carbocycles. The summed E-state index contributed by atoms with van der Waals surface area (Å²) in [5.41, 5.74) is -1.35. The number of hydrogen-bond acceptors (Lipinski definition) is 7. The third kappa shape index (κ3) is 8.35. The van der Waals surface area contributed by atoms with Gasteiger partial charge in [0.15, 0.2) is 0 Å². The molecule has 0 fully saturated rings. The minimum Gasteiger partial charge on any atom is -0.508 e. The quantitative estimate of drug-likeness (QED) is 0.395. The first-order valence-electron chi connectivity index (χ1n) is 10.3. The molecule has 1 aromatic carbocycles. The SMILES string of the molecule is CC(C)(C)NC(=O)C(c1ccccc1O)N(CCO)C(=O)C(CO)NC(=O)OC(C)(C)C. The lowest BCUT2D eigenvalue weighted by atomic mass is 10.00. The van der Waals surface area contributed by atoms with Gasteiger partial charge in [-0.05, 0) is 47.6 Å². The minimum absolute atomic E-state index is 0.130. The summed E-state index contributed by atoms with van der Waals surface area (Å²) in [6, 6.07) is 3.25. The number of aliphatic hydroxyl groups is 2. The van der Waals surface area contributed by atoms with Crippen LogP contribution in [0.3, 0.4) is 0 Å². The average Bonchev–Trinajstić information content (AvgIpc) is 2.63. The number of carbonyl (C=O) groups excluding carboxylic acids is 3. The molecule has 1 aromatic rings. The Morgan fingerprint density at radius 2 is 1.66 bits per heavy atom. The van der Waals surface area contributed by atoms with E-state index in [2.05, 4.69) is 10.6 Å². The topological polar surface area (TPSA) is 148 Å². The standard InChI is InChI=1S/C22H35N3O7/c1-21(2,3)24-18(29)17(14-9-7-8-10-16(14)28)25(11-12-26)19(30)15(13-27)23-20(31)32-22(4,5)6/h7-10,15,17,26-28H,11-13H2,1-6H3,(H,23,31)(H,24,29). The van der Waals surface area contributed by atoms with Gasteiger partial charge in [0.25, 0.3) is 0 Å². The Balaban J connectivity index is 3.37. The van der Waals surface area contributed by atoms with E-state index < -0.39 is 54.3 Å². The van der Waals surface area contributed by atoms with Gasteiger partial charge in [0, 0.05) is 17.6 Å². The number of aliphatic hydroxyl groups excluding tert-OH is 2. The number of phenolic OH excluding ortho intramolecular Hbond substituents is 1. The summed E-state index contributed by atoms with van der Waals surface area (Å²) >= 11 is 0. The summed E-state index contributed by atoms with van der Waals surface area (Å²) in [6.45, 7) is 8.64. The van der Waals surface area contributed by atoms with E-state index in [9.17, 15) is 29.7 Å². The highest BCUT2D eigenvalue weighted by Gasteiger charge is 2.38. The van der Waals surface area contributed by atoms with Crippen LogP contribution >= 0.6 is 0 Å². The van der Waals surface area contributed by atoms with Gasteiger partial charge >= 0.3 is 6.09 Å². The summed E-state index contributed by atoms with van der Waals surface area (Å²) in [6.07, 6.45) is -0.924. The van der Waals surface area contributed by atoms with Crippen LogP contribution in [0, 0.1) is 0 Å². The fraction of sp³-hybridized carbons (Fsp3) is 0.591. The molecule has 0 bridgehead atoms. The summed E-state index contributed by atoms with van der Waals surface area (Å²) in [4.78, 5) is 39.6. The van der Waals surface area contributed by atoms with Gasteiger partial charge in [0.1, 0.15) is 23.4 Å². The molecule has 180 valence electrons. The Bertz CT molecular complexity index is 799. The highest BCUT2D eigenvalue weighted by molar-refractivity contribution is 5.92. The van der Waals surface area contributed by atoms with Gasteiger partial charge in [-0.3, -0.25) is 9.59 Å². The second-order valence-electron chi connectivity index (χ2n) is 9.34. The first kappa shape index (κ1) is 27.2. The van der Waals surface area contributed by atoms with Crippen LogP contribution in [0.15, 0.2) is 24.3 Å². The number of amides is 3. The molecule has 10 nitrogen and oxygen atoms in total. The van der Waals surface area contributed by atoms with E-state index >= 15 is 0 Å². The molecule has 0 aliphatic heterocycles. The Labute approximate surface area is 188 Å². The Morgan fingerprint density at radius 3 is 2.12 bits per heavy atom. The first-order chi connectivity index (χ1) is 14.7. The lowest BCUT2D eigenvalue weighted by Gasteiger charge is -2.35. The molecule has 32 heavy (non-hydrogen) atoms. The highest BCUT2D eigenvalue weighted by atomic mass is 16.6. The fourth-order valence-corrected chi connectivity index (χ4v) is 2.92. The summed E-state index contributed by atoms with van der Waals surface area (Å²) in [5.74, 6) is -1.66. The summed E-state index contributed by atoms with van der Waals surface area (Å²) in [7, 11) is 0. The lowest BCUT2D eigenvalue weighted by Crippen LogP contribution is -2.56. The van der Waals surface area contributed by atoms with Crippen LogP contribution in [0.1, 0.15) is 53.1 Å². The predicted molar refractivity (Wildman–Crippen MR) is 118 cm³/mol. The van der Waals surface area contributed by atoms with Crippen molar-refractivity contribution < 1.29 is 34.4 Å². The van der Waals surface area contributed by atoms with Crippen molar-refractivity contribution in [1.82, 2.24) is 15.5 Å². The van der Waals surface area contributed by atoms with E-state index in [0.29, 0.717) is 0 Å². The zero-order chi connectivity index (χ0) is 24.7. The number of hydrogen-bond donors (Lipinski definition) is 5. The zero-order valence-electron chi connectivity index (χ0n) is 19.5. The molecule has 0 radical (unpaired) electrons. The molecule has 2 unspecified atom stereocenters. The Hall–Kier alpha value is -2.85. The van der Waals surface area contributed by atoms with Gasteiger partial charge in [-0.2, -0.15) is 0 Å². The van der Waals surface area contributed by atoms with Crippen molar-refractivity contribution in [2.75, 3.05) is 19.8 Å². The molecule has 10 heteroatoms. The van der Waals surface area contributed by atoms with Crippen LogP contribution < -0.4 is 10.6 Å². The van der Waals surface area contributed by atoms with Crippen LogP contribution in [-0.4, -0.2) is 75.1 Å². The molecule has 2 atom stereocenters. The van der Waals surface area contributed by atoms with E-state index in [1.165, 1.54) is 12.1 Å². The van der Waals surface area contributed by atoms with Gasteiger partial charge < -0.3 is 35.6 Å². The zero-order valence-corrected chi connectivity index (χ0v) is 19.5. The number of ether oxygens (including phenoxy) is 1. The molecule has 5 N–H and O–H groups in total. The van der Waals surface area contributed by atoms with Gasteiger partial charge in [-0.15, -0.1) is 0 Å². The van der Waals surface area contributed by atoms with Crippen LogP contribution in [0.2, 0.25) is 0 Å². The number of nitrogens with zero attached hydrogens (tertiary/aromatic N) is 1. The van der Waals surface area contributed by atoms with Crippen molar-refractivity contribution in [2.24, 2.45) is 0 Å². The largest absolute Gasteiger partial charge is 0.508 e. The van der Waals surface area contributed by atoms with Crippen molar-refractivity contribution >= 4 is 17.9 Å². The van der Waals surface area contributed by atoms with Crippen molar-refractivity contribution in [3.05, 3.63) is 29.8 Å². The molecule has 0 aliphatic rings. The number of rotatable bonds is 8. The number of para-hydroxylation sites is 1. The van der Waals surface area contributed by atoms with E-state index in [1.54, 1.807) is 53.7 Å². The molecule has 3 amide bonds. The predicted octanol–water partition coefficient (Wildman–Crippen LogP) is 1.05. The maximum absolute atomic E-state index is 13.3. The summed E-state index contributed by atoms with van der Waals surface area (Å²) < 4.78 is 5.14. The van der Waals surface area contributed by atoms with Crippen LogP contribution in [0.4, 0.5) is 4.79 Å². The normalized spacial score (nSPS) is 13.6. The van der Waals surface area contributed by atoms with Gasteiger partial charge in [-0.25, -0.2) is 4.79 Å². The van der Waals surface area contributed by atoms with Crippen molar-refractivity contribution in [2.45, 2.75) is 64.8 Å². The van der Waals surface area contributed by atoms with E-state index in [0.717, 1.165) is 4.90 Å². The molecule has 0 spiro atoms. The van der Waals surface area contributed by atoms with Crippen molar-refractivity contribution in [3.63, 3.8) is 0 Å². The van der Waals surface area contributed by atoms with E-state index in [4.69, 9.17) is 4.74 Å². The molecule has 0 aromatic heterocycles. The first-order valence-corrected chi connectivity index (χ1v) is 10.3. The van der Waals surface area contributed by atoms with Gasteiger partial charge in [-0.1, -0.05) is 18.2 Å². The third-order valence-electron chi connectivity index (χ3n) is 4.09. The Morgan fingerprint density at radius 1 is 1.06 bits per heavy atom. The third-order valence-corrected chi connectivity index (χ3v) is 4.09. The highest BCUT2D eigenvalue weighted by Crippen LogP contribution is 2.30. The number of carbonyl (C=O) groups is 3. The Kier molecular flexibility index (Phi) is 9.47. The summed E-state index contributed by atoms with van der Waals surface area (Å²) in [5, 5.41) is 34.8. The molecule has 0 heterocycles. The molecule has 0 saturated heterocycles. The number of benzene rings is 1. The van der Waals surface area contributed by atoms with E-state index in [1.807, 2.05) is 0 Å². The van der Waals surface area contributed by atoms with Crippen LogP contribution in [0.5, 0.6) is 5.75 Å².